The van der Waals surface area contributed by atoms with E-state index in [1.54, 1.807) is 48.5 Å². The van der Waals surface area contributed by atoms with Gasteiger partial charge in [-0.1, -0.05) is 48.9 Å². The number of alkyl halides is 3. The Kier molecular flexibility index (Phi) is 11.1. The number of benzene rings is 3. The summed E-state index contributed by atoms with van der Waals surface area (Å²) in [5.41, 5.74) is 2.45. The van der Waals surface area contributed by atoms with E-state index in [1.807, 2.05) is 0 Å². The zero-order valence-electron chi connectivity index (χ0n) is 25.3. The molecule has 0 amide bonds. The predicted octanol–water partition coefficient (Wildman–Crippen LogP) is 7.81. The molecule has 0 radical (unpaired) electrons. The van der Waals surface area contributed by atoms with Crippen LogP contribution in [0.4, 0.5) is 35.1 Å². The van der Waals surface area contributed by atoms with Crippen molar-refractivity contribution < 1.29 is 27.1 Å². The number of hydrogen-bond acceptors (Lipinski definition) is 8. The van der Waals surface area contributed by atoms with Gasteiger partial charge in [-0.2, -0.15) is 28.1 Å². The van der Waals surface area contributed by atoms with E-state index in [9.17, 15) is 22.4 Å². The second-order valence-electron chi connectivity index (χ2n) is 11.2. The standard InChI is InChI=1S/C34H36F4N6O2/c35-27-16-10-24(11-17-27)22-39-32-41-31(42-33(43-32)40-28-7-6-8-29(21-28)46-23-34(36,37)38)26-14-12-25(13-15-26)30(45)9-2-5-20-44-18-3-1-4-19-44/h6-8,10-17,21H,1-5,9,18-20,22-23H2,(H2,39,40,41,42,43). The number of carbonyl (C=O) groups excluding carboxylic acids is 1. The number of ether oxygens (including phenoxy) is 1. The van der Waals surface area contributed by atoms with Crippen LogP contribution < -0.4 is 15.4 Å². The molecule has 46 heavy (non-hydrogen) atoms. The Morgan fingerprint density at radius 1 is 0.870 bits per heavy atom. The average molecular weight is 637 g/mol. The summed E-state index contributed by atoms with van der Waals surface area (Å²) < 4.78 is 56.2. The summed E-state index contributed by atoms with van der Waals surface area (Å²) in [6.45, 7) is 2.21. The zero-order valence-corrected chi connectivity index (χ0v) is 25.3. The second kappa shape index (κ2) is 15.6. The number of piperidine rings is 1. The van der Waals surface area contributed by atoms with Crippen molar-refractivity contribution in [3.63, 3.8) is 0 Å². The summed E-state index contributed by atoms with van der Waals surface area (Å²) in [5.74, 6) is 0.418. The van der Waals surface area contributed by atoms with Gasteiger partial charge >= 0.3 is 6.18 Å². The first-order valence-corrected chi connectivity index (χ1v) is 15.4. The van der Waals surface area contributed by atoms with E-state index in [1.165, 1.54) is 43.5 Å². The van der Waals surface area contributed by atoms with Crippen LogP contribution in [-0.2, 0) is 6.54 Å². The fraction of sp³-hybridized carbons (Fsp3) is 0.353. The molecule has 5 rings (SSSR count). The fourth-order valence-electron chi connectivity index (χ4n) is 5.13. The minimum absolute atomic E-state index is 0.0259. The number of nitrogens with one attached hydrogen (secondary N) is 2. The number of hydrogen-bond donors (Lipinski definition) is 2. The summed E-state index contributed by atoms with van der Waals surface area (Å²) in [6.07, 6.45) is 1.66. The number of unbranched alkanes of at least 4 members (excludes halogenated alkanes) is 1. The lowest BCUT2D eigenvalue weighted by atomic mass is 10.0. The minimum Gasteiger partial charge on any atom is -0.484 e. The highest BCUT2D eigenvalue weighted by Gasteiger charge is 2.28. The Morgan fingerprint density at radius 2 is 1.61 bits per heavy atom. The van der Waals surface area contributed by atoms with E-state index < -0.39 is 12.8 Å². The van der Waals surface area contributed by atoms with Gasteiger partial charge in [-0.25, -0.2) is 4.39 Å². The number of rotatable bonds is 14. The van der Waals surface area contributed by atoms with Crippen molar-refractivity contribution >= 4 is 23.4 Å². The van der Waals surface area contributed by atoms with Crippen LogP contribution in [0.2, 0.25) is 0 Å². The number of halogens is 4. The van der Waals surface area contributed by atoms with Crippen LogP contribution in [0.1, 0.15) is 54.4 Å². The Hall–Kier alpha value is -4.58. The highest BCUT2D eigenvalue weighted by Crippen LogP contribution is 2.25. The summed E-state index contributed by atoms with van der Waals surface area (Å²) in [7, 11) is 0. The molecule has 0 atom stereocenters. The molecule has 242 valence electrons. The molecule has 4 aromatic rings. The Bertz CT molecular complexity index is 1580. The molecule has 3 aromatic carbocycles. The SMILES string of the molecule is O=C(CCCCN1CCCCC1)c1ccc(-c2nc(NCc3ccc(F)cc3)nc(Nc3cccc(OCC(F)(F)F)c3)n2)cc1. The molecule has 12 heteroatoms. The molecule has 2 N–H and O–H groups in total. The molecule has 0 bridgehead atoms. The third-order valence-electron chi connectivity index (χ3n) is 7.53. The van der Waals surface area contributed by atoms with Gasteiger partial charge in [-0.15, -0.1) is 0 Å². The van der Waals surface area contributed by atoms with E-state index in [-0.39, 0.29) is 29.2 Å². The number of aromatic nitrogens is 3. The number of nitrogens with zero attached hydrogens (tertiary/aromatic N) is 4. The number of Topliss-reactive ketones (excluding diaryl/α,β-unsaturated/α-hetero) is 1. The van der Waals surface area contributed by atoms with Crippen LogP contribution in [0.3, 0.4) is 0 Å². The van der Waals surface area contributed by atoms with Crippen LogP contribution in [0.5, 0.6) is 5.75 Å². The summed E-state index contributed by atoms with van der Waals surface area (Å²) in [5, 5.41) is 6.12. The summed E-state index contributed by atoms with van der Waals surface area (Å²) in [4.78, 5) is 28.8. The van der Waals surface area contributed by atoms with Crippen LogP contribution >= 0.6 is 0 Å². The fourth-order valence-corrected chi connectivity index (χ4v) is 5.13. The van der Waals surface area contributed by atoms with E-state index >= 15 is 0 Å². The molecule has 1 aliphatic rings. The Morgan fingerprint density at radius 3 is 2.35 bits per heavy atom. The smallest absolute Gasteiger partial charge is 0.422 e. The predicted molar refractivity (Wildman–Crippen MR) is 169 cm³/mol. The van der Waals surface area contributed by atoms with Gasteiger partial charge in [-0.3, -0.25) is 4.79 Å². The number of anilines is 3. The lowest BCUT2D eigenvalue weighted by Gasteiger charge is -2.26. The summed E-state index contributed by atoms with van der Waals surface area (Å²) in [6, 6.07) is 19.1. The second-order valence-corrected chi connectivity index (χ2v) is 11.2. The lowest BCUT2D eigenvalue weighted by molar-refractivity contribution is -0.153. The van der Waals surface area contributed by atoms with E-state index in [0.29, 0.717) is 35.6 Å². The first-order valence-electron chi connectivity index (χ1n) is 15.4. The van der Waals surface area contributed by atoms with Gasteiger partial charge in [0.25, 0.3) is 0 Å². The average Bonchev–Trinajstić information content (AvgIpc) is 3.06. The van der Waals surface area contributed by atoms with Crippen molar-refractivity contribution in [1.29, 1.82) is 0 Å². The van der Waals surface area contributed by atoms with Crippen LogP contribution in [0.15, 0.2) is 72.8 Å². The quantitative estimate of drug-likeness (QED) is 0.0823. The molecule has 2 heterocycles. The van der Waals surface area contributed by atoms with Crippen molar-refractivity contribution in [2.75, 3.05) is 36.9 Å². The highest BCUT2D eigenvalue weighted by atomic mass is 19.4. The molecular formula is C34H36F4N6O2. The molecule has 1 saturated heterocycles. The largest absolute Gasteiger partial charge is 0.484 e. The maximum Gasteiger partial charge on any atom is 0.422 e. The topological polar surface area (TPSA) is 92.3 Å². The first kappa shape index (κ1) is 32.8. The molecular weight excluding hydrogens is 600 g/mol. The van der Waals surface area contributed by atoms with Gasteiger partial charge < -0.3 is 20.3 Å². The van der Waals surface area contributed by atoms with Crippen molar-refractivity contribution in [2.24, 2.45) is 0 Å². The molecule has 0 spiro atoms. The van der Waals surface area contributed by atoms with Gasteiger partial charge in [0.2, 0.25) is 11.9 Å². The maximum absolute atomic E-state index is 13.4. The molecule has 0 saturated carbocycles. The maximum atomic E-state index is 13.4. The number of carbonyl (C=O) groups is 1. The molecule has 1 aromatic heterocycles. The van der Waals surface area contributed by atoms with Gasteiger partial charge in [0.1, 0.15) is 11.6 Å². The first-order chi connectivity index (χ1) is 22.2. The molecule has 0 unspecified atom stereocenters. The highest BCUT2D eigenvalue weighted by molar-refractivity contribution is 5.96. The molecule has 0 aliphatic carbocycles. The summed E-state index contributed by atoms with van der Waals surface area (Å²) >= 11 is 0. The molecule has 1 aliphatic heterocycles. The number of ketones is 1. The van der Waals surface area contributed by atoms with Gasteiger partial charge in [-0.05, 0) is 75.1 Å². The van der Waals surface area contributed by atoms with Gasteiger partial charge in [0.05, 0.1) is 0 Å². The Labute approximate surface area is 265 Å². The van der Waals surface area contributed by atoms with Gasteiger partial charge in [0.15, 0.2) is 18.2 Å². The number of likely N-dealkylation sites (tertiary alicyclic amines) is 1. The van der Waals surface area contributed by atoms with Crippen molar-refractivity contribution in [1.82, 2.24) is 19.9 Å². The van der Waals surface area contributed by atoms with Crippen LogP contribution in [0, 0.1) is 5.82 Å². The van der Waals surface area contributed by atoms with Crippen LogP contribution in [0.25, 0.3) is 11.4 Å². The van der Waals surface area contributed by atoms with E-state index in [2.05, 4.69) is 30.5 Å². The van der Waals surface area contributed by atoms with Crippen molar-refractivity contribution in [3.05, 3.63) is 89.7 Å². The zero-order chi connectivity index (χ0) is 32.4. The van der Waals surface area contributed by atoms with Crippen molar-refractivity contribution in [2.45, 2.75) is 51.2 Å². The van der Waals surface area contributed by atoms with E-state index in [0.717, 1.165) is 38.0 Å². The molecule has 1 fully saturated rings. The minimum atomic E-state index is -4.47. The lowest BCUT2D eigenvalue weighted by Crippen LogP contribution is -2.30. The normalized spacial score (nSPS) is 13.7. The van der Waals surface area contributed by atoms with E-state index in [4.69, 9.17) is 4.74 Å². The Balaban J connectivity index is 1.28. The third kappa shape index (κ3) is 10.2. The van der Waals surface area contributed by atoms with Crippen molar-refractivity contribution in [3.8, 4) is 17.1 Å². The third-order valence-corrected chi connectivity index (χ3v) is 7.53. The monoisotopic (exact) mass is 636 g/mol. The van der Waals surface area contributed by atoms with Crippen LogP contribution in [-0.4, -0.2) is 58.1 Å². The van der Waals surface area contributed by atoms with Gasteiger partial charge in [0, 0.05) is 35.8 Å². The molecule has 8 nitrogen and oxygen atoms in total.